The zero-order chi connectivity index (χ0) is 20.2. The average Bonchev–Trinajstić information content (AvgIpc) is 2.60. The third-order valence-electron chi connectivity index (χ3n) is 4.02. The number of aryl methyl sites for hydroxylation is 1. The van der Waals surface area contributed by atoms with E-state index < -0.39 is 15.9 Å². The van der Waals surface area contributed by atoms with Crippen molar-refractivity contribution in [1.82, 2.24) is 5.32 Å². The van der Waals surface area contributed by atoms with Gasteiger partial charge in [0.25, 0.3) is 5.91 Å². The first-order chi connectivity index (χ1) is 12.6. The highest BCUT2D eigenvalue weighted by Crippen LogP contribution is 2.24. The van der Waals surface area contributed by atoms with Crippen LogP contribution in [0.4, 0.5) is 5.69 Å². The first kappa shape index (κ1) is 21.1. The molecule has 0 saturated heterocycles. The molecule has 6 nitrogen and oxygen atoms in total. The molecule has 1 amide bonds. The Hall–Kier alpha value is -2.25. The Balaban J connectivity index is 2.07. The Kier molecular flexibility index (Phi) is 6.73. The van der Waals surface area contributed by atoms with Crippen LogP contribution in [0, 0.1) is 6.92 Å². The Labute approximate surface area is 165 Å². The van der Waals surface area contributed by atoms with Crippen molar-refractivity contribution in [3.63, 3.8) is 0 Å². The van der Waals surface area contributed by atoms with E-state index in [2.05, 4.69) is 5.32 Å². The molecule has 0 aliphatic rings. The standard InChI is InChI=1S/C19H23ClN2O4S/c1-13-7-5-6-8-18(13)26-12-14(2)21-19(23)16-11-15(9-10-17(16)20)22(3)27(4,24)25/h5-11,14H,12H2,1-4H3,(H,21,23)/t14-/m0/s1. The van der Waals surface area contributed by atoms with Crippen LogP contribution in [0.15, 0.2) is 42.5 Å². The summed E-state index contributed by atoms with van der Waals surface area (Å²) in [7, 11) is -2.02. The maximum atomic E-state index is 12.6. The third kappa shape index (κ3) is 5.61. The molecule has 2 rings (SSSR count). The quantitative estimate of drug-likeness (QED) is 0.760. The number of halogens is 1. The smallest absolute Gasteiger partial charge is 0.253 e. The maximum Gasteiger partial charge on any atom is 0.253 e. The highest BCUT2D eigenvalue weighted by atomic mass is 35.5. The molecular weight excluding hydrogens is 388 g/mol. The Morgan fingerprint density at radius 1 is 1.26 bits per heavy atom. The lowest BCUT2D eigenvalue weighted by Gasteiger charge is -2.19. The Bertz CT molecular complexity index is 931. The van der Waals surface area contributed by atoms with Gasteiger partial charge >= 0.3 is 0 Å². The largest absolute Gasteiger partial charge is 0.491 e. The van der Waals surface area contributed by atoms with Crippen LogP contribution in [0.2, 0.25) is 5.02 Å². The lowest BCUT2D eigenvalue weighted by atomic mass is 10.1. The fraction of sp³-hybridized carbons (Fsp3) is 0.316. The van der Waals surface area contributed by atoms with Crippen LogP contribution in [-0.4, -0.2) is 40.3 Å². The zero-order valence-electron chi connectivity index (χ0n) is 15.7. The van der Waals surface area contributed by atoms with Crippen LogP contribution in [0.5, 0.6) is 5.75 Å². The van der Waals surface area contributed by atoms with Crippen LogP contribution >= 0.6 is 11.6 Å². The molecule has 27 heavy (non-hydrogen) atoms. The fourth-order valence-electron chi connectivity index (χ4n) is 2.35. The van der Waals surface area contributed by atoms with Gasteiger partial charge in [0, 0.05) is 7.05 Å². The molecule has 1 N–H and O–H groups in total. The van der Waals surface area contributed by atoms with Gasteiger partial charge in [-0.05, 0) is 43.7 Å². The normalized spacial score (nSPS) is 12.3. The first-order valence-electron chi connectivity index (χ1n) is 8.32. The number of nitrogens with zero attached hydrogens (tertiary/aromatic N) is 1. The number of carbonyl (C=O) groups excluding carboxylic acids is 1. The van der Waals surface area contributed by atoms with Crippen LogP contribution in [0.1, 0.15) is 22.8 Å². The molecule has 0 aromatic heterocycles. The molecule has 0 radical (unpaired) electrons. The van der Waals surface area contributed by atoms with Gasteiger partial charge in [-0.1, -0.05) is 29.8 Å². The van der Waals surface area contributed by atoms with Gasteiger partial charge in [0.05, 0.1) is 28.6 Å². The number of carbonyl (C=O) groups is 1. The summed E-state index contributed by atoms with van der Waals surface area (Å²) in [6.45, 7) is 4.05. The monoisotopic (exact) mass is 410 g/mol. The second-order valence-electron chi connectivity index (χ2n) is 6.35. The molecule has 0 heterocycles. The van der Waals surface area contributed by atoms with Crippen LogP contribution in [0.3, 0.4) is 0 Å². The molecule has 0 fully saturated rings. The van der Waals surface area contributed by atoms with E-state index in [0.717, 1.165) is 21.9 Å². The molecule has 0 aliphatic heterocycles. The number of para-hydroxylation sites is 1. The second kappa shape index (κ2) is 8.63. The summed E-state index contributed by atoms with van der Waals surface area (Å²) in [5.41, 5.74) is 1.57. The van der Waals surface area contributed by atoms with E-state index in [1.807, 2.05) is 38.1 Å². The molecule has 0 saturated carbocycles. The van der Waals surface area contributed by atoms with Crippen molar-refractivity contribution in [2.75, 3.05) is 24.2 Å². The molecule has 0 bridgehead atoms. The van der Waals surface area contributed by atoms with Crippen LogP contribution < -0.4 is 14.4 Å². The lowest BCUT2D eigenvalue weighted by Crippen LogP contribution is -2.37. The number of ether oxygens (including phenoxy) is 1. The average molecular weight is 411 g/mol. The fourth-order valence-corrected chi connectivity index (χ4v) is 3.05. The highest BCUT2D eigenvalue weighted by Gasteiger charge is 2.18. The minimum absolute atomic E-state index is 0.201. The molecule has 2 aromatic rings. The Morgan fingerprint density at radius 2 is 1.93 bits per heavy atom. The van der Waals surface area contributed by atoms with Crippen LogP contribution in [0.25, 0.3) is 0 Å². The van der Waals surface area contributed by atoms with Gasteiger partial charge in [0.15, 0.2) is 0 Å². The van der Waals surface area contributed by atoms with Crippen molar-refractivity contribution in [2.45, 2.75) is 19.9 Å². The molecular formula is C19H23ClN2O4S. The van der Waals surface area contributed by atoms with E-state index in [-0.39, 0.29) is 23.2 Å². The summed E-state index contributed by atoms with van der Waals surface area (Å²) in [4.78, 5) is 12.6. The number of hydrogen-bond acceptors (Lipinski definition) is 4. The van der Waals surface area contributed by atoms with Crippen LogP contribution in [-0.2, 0) is 10.0 Å². The van der Waals surface area contributed by atoms with E-state index in [1.165, 1.54) is 19.2 Å². The second-order valence-corrected chi connectivity index (χ2v) is 8.77. The predicted molar refractivity (Wildman–Crippen MR) is 108 cm³/mol. The van der Waals surface area contributed by atoms with Gasteiger partial charge in [-0.25, -0.2) is 8.42 Å². The van der Waals surface area contributed by atoms with Gasteiger partial charge in [0.2, 0.25) is 10.0 Å². The van der Waals surface area contributed by atoms with E-state index in [9.17, 15) is 13.2 Å². The number of benzene rings is 2. The lowest BCUT2D eigenvalue weighted by molar-refractivity contribution is 0.0926. The van der Waals surface area contributed by atoms with Gasteiger partial charge in [0.1, 0.15) is 12.4 Å². The Morgan fingerprint density at radius 3 is 2.56 bits per heavy atom. The van der Waals surface area contributed by atoms with Gasteiger partial charge < -0.3 is 10.1 Å². The van der Waals surface area contributed by atoms with E-state index >= 15 is 0 Å². The molecule has 2 aromatic carbocycles. The molecule has 8 heteroatoms. The highest BCUT2D eigenvalue weighted by molar-refractivity contribution is 7.92. The van der Waals surface area contributed by atoms with E-state index in [0.29, 0.717) is 5.69 Å². The van der Waals surface area contributed by atoms with Crippen molar-refractivity contribution in [3.8, 4) is 5.75 Å². The number of sulfonamides is 1. The maximum absolute atomic E-state index is 12.6. The summed E-state index contributed by atoms with van der Waals surface area (Å²) >= 11 is 6.13. The molecule has 1 atom stereocenters. The number of amides is 1. The van der Waals surface area contributed by atoms with Gasteiger partial charge in [-0.15, -0.1) is 0 Å². The third-order valence-corrected chi connectivity index (χ3v) is 5.55. The summed E-state index contributed by atoms with van der Waals surface area (Å²) in [6.07, 6.45) is 1.09. The number of hydrogen-bond donors (Lipinski definition) is 1. The number of rotatable bonds is 7. The number of anilines is 1. The zero-order valence-corrected chi connectivity index (χ0v) is 17.3. The summed E-state index contributed by atoms with van der Waals surface area (Å²) in [6, 6.07) is 11.9. The molecule has 0 aliphatic carbocycles. The van der Waals surface area contributed by atoms with Crippen molar-refractivity contribution in [1.29, 1.82) is 0 Å². The molecule has 0 unspecified atom stereocenters. The van der Waals surface area contributed by atoms with Crippen molar-refractivity contribution < 1.29 is 17.9 Å². The summed E-state index contributed by atoms with van der Waals surface area (Å²) in [5, 5.41) is 3.06. The van der Waals surface area contributed by atoms with E-state index in [4.69, 9.17) is 16.3 Å². The summed E-state index contributed by atoms with van der Waals surface area (Å²) < 4.78 is 30.2. The molecule has 0 spiro atoms. The predicted octanol–water partition coefficient (Wildman–Crippen LogP) is 3.24. The van der Waals surface area contributed by atoms with E-state index in [1.54, 1.807) is 6.07 Å². The topological polar surface area (TPSA) is 75.7 Å². The minimum Gasteiger partial charge on any atom is -0.491 e. The SMILES string of the molecule is Cc1ccccc1OC[C@H](C)NC(=O)c1cc(N(C)S(C)(=O)=O)ccc1Cl. The van der Waals surface area contributed by atoms with Crippen molar-refractivity contribution in [3.05, 3.63) is 58.6 Å². The van der Waals surface area contributed by atoms with Gasteiger partial charge in [-0.3, -0.25) is 9.10 Å². The number of nitrogens with one attached hydrogen (secondary N) is 1. The van der Waals surface area contributed by atoms with Crippen molar-refractivity contribution >= 4 is 33.2 Å². The van der Waals surface area contributed by atoms with Gasteiger partial charge in [-0.2, -0.15) is 0 Å². The first-order valence-corrected chi connectivity index (χ1v) is 10.5. The van der Waals surface area contributed by atoms with Crippen molar-refractivity contribution in [2.24, 2.45) is 0 Å². The molecule has 146 valence electrons. The summed E-state index contributed by atoms with van der Waals surface area (Å²) in [5.74, 6) is 0.359. The minimum atomic E-state index is -3.44.